The van der Waals surface area contributed by atoms with Crippen LogP contribution < -0.4 is 5.32 Å². The van der Waals surface area contributed by atoms with Crippen LogP contribution >= 0.6 is 0 Å². The zero-order valence-electron chi connectivity index (χ0n) is 13.8. The minimum atomic E-state index is 0.300. The molecule has 0 aromatic carbocycles. The van der Waals surface area contributed by atoms with Crippen LogP contribution in [0.4, 0.5) is 0 Å². The van der Waals surface area contributed by atoms with Gasteiger partial charge in [0.1, 0.15) is 5.82 Å². The molecular weight excluding hydrogens is 262 g/mol. The van der Waals surface area contributed by atoms with Crippen molar-refractivity contribution < 1.29 is 4.74 Å². The minimum Gasteiger partial charge on any atom is -0.380 e. The van der Waals surface area contributed by atoms with Gasteiger partial charge in [-0.15, -0.1) is 0 Å². The molecule has 0 saturated heterocycles. The van der Waals surface area contributed by atoms with E-state index < -0.39 is 0 Å². The lowest BCUT2D eigenvalue weighted by Gasteiger charge is -2.35. The van der Waals surface area contributed by atoms with Gasteiger partial charge in [-0.2, -0.15) is 0 Å². The highest BCUT2D eigenvalue weighted by Crippen LogP contribution is 2.30. The fraction of sp³-hybridized carbons (Fsp3) is 0.824. The lowest BCUT2D eigenvalue weighted by molar-refractivity contribution is 0.00774. The third-order valence-electron chi connectivity index (χ3n) is 4.76. The third-order valence-corrected chi connectivity index (χ3v) is 4.76. The second-order valence-electron chi connectivity index (χ2n) is 6.32. The van der Waals surface area contributed by atoms with Gasteiger partial charge in [-0.1, -0.05) is 26.2 Å². The van der Waals surface area contributed by atoms with E-state index in [1.54, 1.807) is 0 Å². The molecule has 2 atom stereocenters. The molecule has 0 radical (unpaired) electrons. The monoisotopic (exact) mass is 293 g/mol. The number of methoxy groups -OCH3 is 1. The van der Waals surface area contributed by atoms with Crippen molar-refractivity contribution in [2.24, 2.45) is 13.0 Å². The van der Waals surface area contributed by atoms with Gasteiger partial charge < -0.3 is 14.6 Å². The zero-order valence-corrected chi connectivity index (χ0v) is 13.8. The van der Waals surface area contributed by atoms with Crippen molar-refractivity contribution in [1.82, 2.24) is 14.9 Å². The van der Waals surface area contributed by atoms with Crippen LogP contribution in [0, 0.1) is 5.92 Å². The highest BCUT2D eigenvalue weighted by molar-refractivity contribution is 4.98. The molecule has 2 rings (SSSR count). The van der Waals surface area contributed by atoms with Crippen molar-refractivity contribution in [3.63, 3.8) is 0 Å². The number of nitrogens with one attached hydrogen (secondary N) is 1. The first-order valence-corrected chi connectivity index (χ1v) is 8.48. The van der Waals surface area contributed by atoms with E-state index in [9.17, 15) is 0 Å². The van der Waals surface area contributed by atoms with E-state index >= 15 is 0 Å². The Balaban J connectivity index is 2.06. The summed E-state index contributed by atoms with van der Waals surface area (Å²) in [6.45, 7) is 3.26. The van der Waals surface area contributed by atoms with Crippen LogP contribution in [-0.4, -0.2) is 35.4 Å². The van der Waals surface area contributed by atoms with Crippen molar-refractivity contribution >= 4 is 0 Å². The summed E-state index contributed by atoms with van der Waals surface area (Å²) in [4.78, 5) is 4.49. The fourth-order valence-corrected chi connectivity index (χ4v) is 3.57. The number of nitrogens with zero attached hydrogens (tertiary/aromatic N) is 2. The smallest absolute Gasteiger partial charge is 0.110 e. The lowest BCUT2D eigenvalue weighted by Crippen LogP contribution is -2.47. The fourth-order valence-electron chi connectivity index (χ4n) is 3.57. The van der Waals surface area contributed by atoms with Gasteiger partial charge in [0.25, 0.3) is 0 Å². The predicted molar refractivity (Wildman–Crippen MR) is 86.4 cm³/mol. The Morgan fingerprint density at radius 1 is 1.38 bits per heavy atom. The first kappa shape index (κ1) is 16.5. The van der Waals surface area contributed by atoms with Gasteiger partial charge in [-0.25, -0.2) is 4.98 Å². The SMILES string of the molecule is CCCNC(Cc1nccn1C)C(OC)C1CCCCC1. The Morgan fingerprint density at radius 3 is 2.71 bits per heavy atom. The Hall–Kier alpha value is -0.870. The maximum atomic E-state index is 5.94. The maximum absolute atomic E-state index is 5.94. The van der Waals surface area contributed by atoms with Crippen LogP contribution in [0.2, 0.25) is 0 Å². The van der Waals surface area contributed by atoms with Gasteiger partial charge in [-0.3, -0.25) is 0 Å². The Morgan fingerprint density at radius 2 is 2.14 bits per heavy atom. The molecule has 1 N–H and O–H groups in total. The van der Waals surface area contributed by atoms with E-state index in [4.69, 9.17) is 4.74 Å². The summed E-state index contributed by atoms with van der Waals surface area (Å²) in [5, 5.41) is 3.70. The molecule has 1 heterocycles. The molecule has 1 aliphatic rings. The summed E-state index contributed by atoms with van der Waals surface area (Å²) in [5.74, 6) is 1.83. The van der Waals surface area contributed by atoms with E-state index in [1.807, 2.05) is 19.5 Å². The molecule has 1 saturated carbocycles. The first-order chi connectivity index (χ1) is 10.3. The number of rotatable bonds is 8. The number of aromatic nitrogens is 2. The molecule has 4 nitrogen and oxygen atoms in total. The molecule has 21 heavy (non-hydrogen) atoms. The first-order valence-electron chi connectivity index (χ1n) is 8.48. The summed E-state index contributed by atoms with van der Waals surface area (Å²) in [6.07, 6.45) is 13.0. The quantitative estimate of drug-likeness (QED) is 0.801. The molecule has 0 bridgehead atoms. The molecule has 1 aromatic rings. The van der Waals surface area contributed by atoms with Crippen LogP contribution in [0.5, 0.6) is 0 Å². The second kappa shape index (κ2) is 8.54. The zero-order chi connectivity index (χ0) is 15.1. The minimum absolute atomic E-state index is 0.300. The van der Waals surface area contributed by atoms with Crippen molar-refractivity contribution in [3.8, 4) is 0 Å². The number of imidazole rings is 1. The average molecular weight is 293 g/mol. The molecule has 1 aromatic heterocycles. The van der Waals surface area contributed by atoms with E-state index in [0.29, 0.717) is 18.1 Å². The molecule has 1 fully saturated rings. The maximum Gasteiger partial charge on any atom is 0.110 e. The van der Waals surface area contributed by atoms with Gasteiger partial charge in [0.05, 0.1) is 6.10 Å². The Bertz CT molecular complexity index is 398. The molecule has 1 aliphatic carbocycles. The summed E-state index contributed by atoms with van der Waals surface area (Å²) >= 11 is 0. The molecule has 0 aliphatic heterocycles. The largest absolute Gasteiger partial charge is 0.380 e. The van der Waals surface area contributed by atoms with Crippen LogP contribution in [-0.2, 0) is 18.2 Å². The third kappa shape index (κ3) is 4.55. The topological polar surface area (TPSA) is 39.1 Å². The van der Waals surface area contributed by atoms with Crippen LogP contribution in [0.1, 0.15) is 51.3 Å². The van der Waals surface area contributed by atoms with Crippen molar-refractivity contribution in [1.29, 1.82) is 0 Å². The van der Waals surface area contributed by atoms with Crippen LogP contribution in [0.15, 0.2) is 12.4 Å². The average Bonchev–Trinajstić information content (AvgIpc) is 2.91. The molecule has 0 spiro atoms. The second-order valence-corrected chi connectivity index (χ2v) is 6.32. The van der Waals surface area contributed by atoms with Gasteiger partial charge in [0.2, 0.25) is 0 Å². The highest BCUT2D eigenvalue weighted by Gasteiger charge is 2.31. The molecule has 0 amide bonds. The summed E-state index contributed by atoms with van der Waals surface area (Å²) in [5.41, 5.74) is 0. The van der Waals surface area contributed by atoms with E-state index in [-0.39, 0.29) is 0 Å². The lowest BCUT2D eigenvalue weighted by atomic mass is 9.81. The normalized spacial score (nSPS) is 19.6. The van der Waals surface area contributed by atoms with Gasteiger partial charge >= 0.3 is 0 Å². The van der Waals surface area contributed by atoms with Crippen LogP contribution in [0.3, 0.4) is 0 Å². The number of hydrogen-bond donors (Lipinski definition) is 1. The van der Waals surface area contributed by atoms with Gasteiger partial charge in [0, 0.05) is 39.0 Å². The standard InChI is InChI=1S/C17H31N3O/c1-4-10-18-15(13-16-19-11-12-20(16)2)17(21-3)14-8-6-5-7-9-14/h11-12,14-15,17-18H,4-10,13H2,1-3H3. The molecule has 4 heteroatoms. The van der Waals surface area contributed by atoms with Crippen molar-refractivity contribution in [3.05, 3.63) is 18.2 Å². The van der Waals surface area contributed by atoms with Crippen molar-refractivity contribution in [2.75, 3.05) is 13.7 Å². The number of aryl methyl sites for hydroxylation is 1. The highest BCUT2D eigenvalue weighted by atomic mass is 16.5. The van der Waals surface area contributed by atoms with Crippen molar-refractivity contribution in [2.45, 2.75) is 64.0 Å². The summed E-state index contributed by atoms with van der Waals surface area (Å²) in [6, 6.07) is 0.360. The van der Waals surface area contributed by atoms with Gasteiger partial charge in [-0.05, 0) is 31.7 Å². The summed E-state index contributed by atoms with van der Waals surface area (Å²) < 4.78 is 8.06. The van der Waals surface area contributed by atoms with E-state index in [1.165, 1.54) is 32.1 Å². The van der Waals surface area contributed by atoms with Gasteiger partial charge in [0.15, 0.2) is 0 Å². The molecule has 2 unspecified atom stereocenters. The Kier molecular flexibility index (Phi) is 6.71. The molecule has 120 valence electrons. The predicted octanol–water partition coefficient (Wildman–Crippen LogP) is 2.93. The van der Waals surface area contributed by atoms with Crippen LogP contribution in [0.25, 0.3) is 0 Å². The summed E-state index contributed by atoms with van der Waals surface area (Å²) in [7, 11) is 3.94. The van der Waals surface area contributed by atoms with E-state index in [2.05, 4.69) is 28.8 Å². The Labute approximate surface area is 129 Å². The molecular formula is C17H31N3O. The van der Waals surface area contributed by atoms with E-state index in [0.717, 1.165) is 25.2 Å². The number of hydrogen-bond acceptors (Lipinski definition) is 3. The number of ether oxygens (including phenoxy) is 1.